The summed E-state index contributed by atoms with van der Waals surface area (Å²) >= 11 is 7.13. The largest absolute Gasteiger partial charge is 0.455 e. The smallest absolute Gasteiger partial charge is 0.316 e. The molecule has 0 saturated heterocycles. The number of ether oxygens (including phenoxy) is 1. The maximum atomic E-state index is 11.9. The highest BCUT2D eigenvalue weighted by Crippen LogP contribution is 2.20. The van der Waals surface area contributed by atoms with Gasteiger partial charge < -0.3 is 10.1 Å². The number of halogens is 1. The van der Waals surface area contributed by atoms with Crippen LogP contribution in [0.3, 0.4) is 0 Å². The third-order valence-electron chi connectivity index (χ3n) is 3.41. The topological polar surface area (TPSA) is 55.4 Å². The third kappa shape index (κ3) is 5.58. The monoisotopic (exact) mass is 363 g/mol. The average Bonchev–Trinajstić information content (AvgIpc) is 2.56. The van der Waals surface area contributed by atoms with Gasteiger partial charge in [0, 0.05) is 15.6 Å². The summed E-state index contributed by atoms with van der Waals surface area (Å²) in [5.74, 6) is -0.655. The lowest BCUT2D eigenvalue weighted by atomic mass is 10.1. The molecule has 0 aliphatic heterocycles. The Balaban J connectivity index is 1.75. The zero-order valence-electron chi connectivity index (χ0n) is 13.5. The molecule has 0 fully saturated rings. The highest BCUT2D eigenvalue weighted by atomic mass is 35.5. The van der Waals surface area contributed by atoms with Crippen molar-refractivity contribution >= 4 is 40.9 Å². The first-order valence-electron chi connectivity index (χ1n) is 7.36. The number of hydrogen-bond acceptors (Lipinski definition) is 4. The summed E-state index contributed by atoms with van der Waals surface area (Å²) in [6, 6.07) is 12.8. The second-order valence-electron chi connectivity index (χ2n) is 5.20. The van der Waals surface area contributed by atoms with E-state index in [4.69, 9.17) is 16.3 Å². The molecule has 2 rings (SSSR count). The van der Waals surface area contributed by atoms with Gasteiger partial charge in [0.25, 0.3) is 5.91 Å². The van der Waals surface area contributed by atoms with Crippen molar-refractivity contribution in [3.63, 3.8) is 0 Å². The van der Waals surface area contributed by atoms with E-state index in [-0.39, 0.29) is 18.3 Å². The van der Waals surface area contributed by atoms with E-state index in [9.17, 15) is 9.59 Å². The van der Waals surface area contributed by atoms with E-state index in [2.05, 4.69) is 5.32 Å². The van der Waals surface area contributed by atoms with Crippen molar-refractivity contribution in [3.05, 3.63) is 58.6 Å². The minimum Gasteiger partial charge on any atom is -0.455 e. The van der Waals surface area contributed by atoms with Crippen LogP contribution in [-0.2, 0) is 14.3 Å². The van der Waals surface area contributed by atoms with Crippen molar-refractivity contribution in [1.29, 1.82) is 0 Å². The number of thioether (sulfide) groups is 1. The standard InChI is InChI=1S/C18H18ClNO3S/c1-12-4-3-5-16(13(12)2)20-17(21)10-23-18(22)11-24-15-8-6-14(19)7-9-15/h3-9H,10-11H2,1-2H3,(H,20,21). The first-order chi connectivity index (χ1) is 11.5. The van der Waals surface area contributed by atoms with Gasteiger partial charge in [0.2, 0.25) is 0 Å². The van der Waals surface area contributed by atoms with Gasteiger partial charge in [-0.1, -0.05) is 23.7 Å². The maximum Gasteiger partial charge on any atom is 0.316 e. The lowest BCUT2D eigenvalue weighted by molar-refractivity contribution is -0.144. The first kappa shape index (κ1) is 18.4. The molecule has 0 spiro atoms. The van der Waals surface area contributed by atoms with Gasteiger partial charge in [-0.3, -0.25) is 9.59 Å². The van der Waals surface area contributed by atoms with Crippen LogP contribution in [0.1, 0.15) is 11.1 Å². The van der Waals surface area contributed by atoms with Crippen LogP contribution in [0, 0.1) is 13.8 Å². The predicted molar refractivity (Wildman–Crippen MR) is 97.7 cm³/mol. The highest BCUT2D eigenvalue weighted by Gasteiger charge is 2.10. The quantitative estimate of drug-likeness (QED) is 0.616. The van der Waals surface area contributed by atoms with Crippen LogP contribution in [0.2, 0.25) is 5.02 Å². The lowest BCUT2D eigenvalue weighted by Crippen LogP contribution is -2.22. The third-order valence-corrected chi connectivity index (χ3v) is 4.65. The van der Waals surface area contributed by atoms with Gasteiger partial charge >= 0.3 is 5.97 Å². The Morgan fingerprint density at radius 3 is 2.54 bits per heavy atom. The second kappa shape index (κ2) is 8.76. The van der Waals surface area contributed by atoms with Crippen molar-refractivity contribution in [2.24, 2.45) is 0 Å². The molecule has 6 heteroatoms. The summed E-state index contributed by atoms with van der Waals surface area (Å²) in [4.78, 5) is 24.5. The molecule has 0 bridgehead atoms. The molecule has 0 radical (unpaired) electrons. The van der Waals surface area contributed by atoms with Crippen LogP contribution < -0.4 is 5.32 Å². The number of aryl methyl sites for hydroxylation is 1. The molecular weight excluding hydrogens is 346 g/mol. The van der Waals surface area contributed by atoms with Crippen molar-refractivity contribution in [2.75, 3.05) is 17.7 Å². The van der Waals surface area contributed by atoms with Gasteiger partial charge in [0.1, 0.15) is 0 Å². The summed E-state index contributed by atoms with van der Waals surface area (Å²) in [7, 11) is 0. The summed E-state index contributed by atoms with van der Waals surface area (Å²) < 4.78 is 4.99. The number of hydrogen-bond donors (Lipinski definition) is 1. The van der Waals surface area contributed by atoms with Crippen LogP contribution in [0.4, 0.5) is 5.69 Å². The van der Waals surface area contributed by atoms with Gasteiger partial charge in [-0.2, -0.15) is 0 Å². The Morgan fingerprint density at radius 1 is 1.12 bits per heavy atom. The van der Waals surface area contributed by atoms with Crippen molar-refractivity contribution < 1.29 is 14.3 Å². The number of rotatable bonds is 6. The molecule has 4 nitrogen and oxygen atoms in total. The maximum absolute atomic E-state index is 11.9. The van der Waals surface area contributed by atoms with Gasteiger partial charge in [0.15, 0.2) is 6.61 Å². The van der Waals surface area contributed by atoms with E-state index in [0.29, 0.717) is 5.02 Å². The molecular formula is C18H18ClNO3S. The molecule has 24 heavy (non-hydrogen) atoms. The molecule has 126 valence electrons. The number of esters is 1. The van der Waals surface area contributed by atoms with Crippen LogP contribution in [0.25, 0.3) is 0 Å². The van der Waals surface area contributed by atoms with E-state index < -0.39 is 5.97 Å². The van der Waals surface area contributed by atoms with E-state index in [1.165, 1.54) is 11.8 Å². The Kier molecular flexibility index (Phi) is 6.70. The van der Waals surface area contributed by atoms with Gasteiger partial charge in [-0.15, -0.1) is 11.8 Å². The number of carbonyl (C=O) groups excluding carboxylic acids is 2. The van der Waals surface area contributed by atoms with Crippen molar-refractivity contribution in [2.45, 2.75) is 18.7 Å². The molecule has 0 aliphatic rings. The first-order valence-corrected chi connectivity index (χ1v) is 8.72. The number of nitrogens with one attached hydrogen (secondary N) is 1. The molecule has 0 aliphatic carbocycles. The van der Waals surface area contributed by atoms with E-state index in [1.54, 1.807) is 12.1 Å². The van der Waals surface area contributed by atoms with Gasteiger partial charge in [-0.25, -0.2) is 0 Å². The zero-order valence-corrected chi connectivity index (χ0v) is 15.0. The molecule has 1 amide bonds. The van der Waals surface area contributed by atoms with E-state index in [0.717, 1.165) is 21.7 Å². The number of anilines is 1. The van der Waals surface area contributed by atoms with Gasteiger partial charge in [-0.05, 0) is 55.3 Å². The summed E-state index contributed by atoms with van der Waals surface area (Å²) in [6.07, 6.45) is 0. The van der Waals surface area contributed by atoms with Crippen LogP contribution in [-0.4, -0.2) is 24.2 Å². The molecule has 0 aromatic heterocycles. The lowest BCUT2D eigenvalue weighted by Gasteiger charge is -2.10. The molecule has 2 aromatic rings. The highest BCUT2D eigenvalue weighted by molar-refractivity contribution is 8.00. The summed E-state index contributed by atoms with van der Waals surface area (Å²) in [5, 5.41) is 3.39. The SMILES string of the molecule is Cc1cccc(NC(=O)COC(=O)CSc2ccc(Cl)cc2)c1C. The van der Waals surface area contributed by atoms with Crippen LogP contribution >= 0.6 is 23.4 Å². The fraction of sp³-hybridized carbons (Fsp3) is 0.222. The molecule has 0 atom stereocenters. The Bertz CT molecular complexity index is 732. The molecule has 0 saturated carbocycles. The molecule has 1 N–H and O–H groups in total. The Hall–Kier alpha value is -1.98. The van der Waals surface area contributed by atoms with Crippen LogP contribution in [0.5, 0.6) is 0 Å². The molecule has 0 heterocycles. The predicted octanol–water partition coefficient (Wildman–Crippen LogP) is 4.23. The Labute approximate surface area is 150 Å². The fourth-order valence-electron chi connectivity index (χ4n) is 1.93. The zero-order chi connectivity index (χ0) is 17.5. The minimum absolute atomic E-state index is 0.137. The number of benzene rings is 2. The van der Waals surface area contributed by atoms with Crippen LogP contribution in [0.15, 0.2) is 47.4 Å². The van der Waals surface area contributed by atoms with E-state index in [1.807, 2.05) is 44.2 Å². The summed E-state index contributed by atoms with van der Waals surface area (Å²) in [6.45, 7) is 3.60. The fourth-order valence-corrected chi connectivity index (χ4v) is 2.76. The van der Waals surface area contributed by atoms with Crippen molar-refractivity contribution in [3.8, 4) is 0 Å². The van der Waals surface area contributed by atoms with E-state index >= 15 is 0 Å². The second-order valence-corrected chi connectivity index (χ2v) is 6.68. The normalized spacial score (nSPS) is 10.3. The summed E-state index contributed by atoms with van der Waals surface area (Å²) in [5.41, 5.74) is 2.81. The number of amides is 1. The molecule has 2 aromatic carbocycles. The number of carbonyl (C=O) groups is 2. The molecule has 0 unspecified atom stereocenters. The van der Waals surface area contributed by atoms with Gasteiger partial charge in [0.05, 0.1) is 5.75 Å². The average molecular weight is 364 g/mol. The Morgan fingerprint density at radius 2 is 1.83 bits per heavy atom. The minimum atomic E-state index is -0.439. The van der Waals surface area contributed by atoms with Crippen molar-refractivity contribution in [1.82, 2.24) is 0 Å².